The van der Waals surface area contributed by atoms with E-state index in [2.05, 4.69) is 5.32 Å². The van der Waals surface area contributed by atoms with Gasteiger partial charge in [-0.15, -0.1) is 0 Å². The van der Waals surface area contributed by atoms with Crippen LogP contribution in [0.2, 0.25) is 0 Å². The van der Waals surface area contributed by atoms with Crippen LogP contribution in [-0.2, 0) is 16.0 Å². The molecule has 1 aliphatic heterocycles. The quantitative estimate of drug-likeness (QED) is 0.745. The van der Waals surface area contributed by atoms with Gasteiger partial charge >= 0.3 is 5.97 Å². The molecule has 1 aromatic carbocycles. The number of amides is 1. The van der Waals surface area contributed by atoms with Crippen molar-refractivity contribution in [3.63, 3.8) is 0 Å². The number of carboxylic acid groups (broad SMARTS) is 1. The molecule has 1 heterocycles. The molecule has 1 unspecified atom stereocenters. The van der Waals surface area contributed by atoms with Gasteiger partial charge in [-0.25, -0.2) is 0 Å². The third-order valence-corrected chi connectivity index (χ3v) is 2.91. The molecule has 0 aromatic heterocycles. The highest BCUT2D eigenvalue weighted by Gasteiger charge is 2.17. The fourth-order valence-corrected chi connectivity index (χ4v) is 1.94. The summed E-state index contributed by atoms with van der Waals surface area (Å²) in [5.74, 6) is -0.757. The van der Waals surface area contributed by atoms with E-state index >= 15 is 0 Å². The van der Waals surface area contributed by atoms with Crippen LogP contribution in [0.3, 0.4) is 0 Å². The van der Waals surface area contributed by atoms with E-state index in [-0.39, 0.29) is 6.42 Å². The minimum Gasteiger partial charge on any atom is -0.493 e. The van der Waals surface area contributed by atoms with Crippen molar-refractivity contribution in [3.8, 4) is 5.75 Å². The maximum Gasteiger partial charge on any atom is 0.321 e. The Kier molecular flexibility index (Phi) is 4.01. The average Bonchev–Trinajstić information content (AvgIpc) is 2.38. The summed E-state index contributed by atoms with van der Waals surface area (Å²) in [6, 6.07) is 4.20. The lowest BCUT2D eigenvalue weighted by Crippen LogP contribution is -2.34. The summed E-state index contributed by atoms with van der Waals surface area (Å²) in [7, 11) is 0. The molecule has 6 nitrogen and oxygen atoms in total. The fourth-order valence-electron chi connectivity index (χ4n) is 1.94. The summed E-state index contributed by atoms with van der Waals surface area (Å²) in [6.45, 7) is 0.714. The Morgan fingerprint density at radius 1 is 1.47 bits per heavy atom. The van der Waals surface area contributed by atoms with Crippen molar-refractivity contribution in [3.05, 3.63) is 23.8 Å². The number of aliphatic carboxylic acids is 1. The van der Waals surface area contributed by atoms with Crippen molar-refractivity contribution in [2.75, 3.05) is 11.9 Å². The van der Waals surface area contributed by atoms with Crippen LogP contribution in [-0.4, -0.2) is 29.6 Å². The van der Waals surface area contributed by atoms with Crippen molar-refractivity contribution in [2.24, 2.45) is 5.73 Å². The number of aryl methyl sites for hydroxylation is 1. The SMILES string of the molecule is NC(CC(=O)Nc1ccc2c(c1)CCCO2)C(=O)O. The van der Waals surface area contributed by atoms with Crippen molar-refractivity contribution in [1.82, 2.24) is 0 Å². The lowest BCUT2D eigenvalue weighted by atomic mass is 10.1. The molecule has 4 N–H and O–H groups in total. The van der Waals surface area contributed by atoms with Gasteiger partial charge in [-0.2, -0.15) is 0 Å². The smallest absolute Gasteiger partial charge is 0.321 e. The Labute approximate surface area is 110 Å². The van der Waals surface area contributed by atoms with Crippen LogP contribution >= 0.6 is 0 Å². The zero-order valence-corrected chi connectivity index (χ0v) is 10.4. The highest BCUT2D eigenvalue weighted by molar-refractivity contribution is 5.94. The number of carbonyl (C=O) groups excluding carboxylic acids is 1. The molecule has 102 valence electrons. The Hall–Kier alpha value is -2.08. The summed E-state index contributed by atoms with van der Waals surface area (Å²) in [6.07, 6.45) is 1.62. The number of anilines is 1. The van der Waals surface area contributed by atoms with Crippen LogP contribution in [0.25, 0.3) is 0 Å². The highest BCUT2D eigenvalue weighted by atomic mass is 16.5. The van der Waals surface area contributed by atoms with Crippen molar-refractivity contribution in [2.45, 2.75) is 25.3 Å². The molecule has 1 aromatic rings. The summed E-state index contributed by atoms with van der Waals surface area (Å²) in [5, 5.41) is 11.3. The number of ether oxygens (including phenoxy) is 1. The van der Waals surface area contributed by atoms with Gasteiger partial charge < -0.3 is 20.9 Å². The predicted molar refractivity (Wildman–Crippen MR) is 69.1 cm³/mol. The number of hydrogen-bond acceptors (Lipinski definition) is 4. The van der Waals surface area contributed by atoms with Gasteiger partial charge in [0.05, 0.1) is 13.0 Å². The summed E-state index contributed by atoms with van der Waals surface area (Å²) < 4.78 is 5.47. The molecule has 0 spiro atoms. The van der Waals surface area contributed by atoms with Gasteiger partial charge in [0.25, 0.3) is 0 Å². The molecule has 1 aliphatic rings. The second-order valence-corrected chi connectivity index (χ2v) is 4.47. The Balaban J connectivity index is 1.99. The minimum absolute atomic E-state index is 0.247. The molecular formula is C13H16N2O4. The molecule has 0 radical (unpaired) electrons. The molecule has 0 bridgehead atoms. The third kappa shape index (κ3) is 3.45. The van der Waals surface area contributed by atoms with Gasteiger partial charge in [-0.3, -0.25) is 9.59 Å². The first kappa shape index (κ1) is 13.4. The number of rotatable bonds is 4. The van der Waals surface area contributed by atoms with Gasteiger partial charge in [0.15, 0.2) is 0 Å². The molecule has 0 fully saturated rings. The van der Waals surface area contributed by atoms with E-state index in [0.29, 0.717) is 12.3 Å². The van der Waals surface area contributed by atoms with Gasteiger partial charge in [0, 0.05) is 5.69 Å². The molecule has 2 rings (SSSR count). The summed E-state index contributed by atoms with van der Waals surface area (Å²) in [5.41, 5.74) is 6.98. The standard InChI is InChI=1S/C13H16N2O4/c14-10(13(17)18)7-12(16)15-9-3-4-11-8(6-9)2-1-5-19-11/h3-4,6,10H,1-2,5,7,14H2,(H,15,16)(H,17,18). The van der Waals surface area contributed by atoms with Crippen LogP contribution in [0.5, 0.6) is 5.75 Å². The third-order valence-electron chi connectivity index (χ3n) is 2.91. The number of nitrogens with one attached hydrogen (secondary N) is 1. The van der Waals surface area contributed by atoms with Crippen molar-refractivity contribution >= 4 is 17.6 Å². The maximum absolute atomic E-state index is 11.6. The van der Waals surface area contributed by atoms with Crippen LogP contribution < -0.4 is 15.8 Å². The number of carboxylic acids is 1. The highest BCUT2D eigenvalue weighted by Crippen LogP contribution is 2.27. The van der Waals surface area contributed by atoms with Crippen LogP contribution in [0.1, 0.15) is 18.4 Å². The zero-order chi connectivity index (χ0) is 13.8. The normalized spacial score (nSPS) is 15.0. The van der Waals surface area contributed by atoms with Crippen LogP contribution in [0.4, 0.5) is 5.69 Å². The van der Waals surface area contributed by atoms with Crippen molar-refractivity contribution in [1.29, 1.82) is 0 Å². The van der Waals surface area contributed by atoms with Gasteiger partial charge in [0.1, 0.15) is 11.8 Å². The molecular weight excluding hydrogens is 248 g/mol. The average molecular weight is 264 g/mol. The maximum atomic E-state index is 11.6. The largest absolute Gasteiger partial charge is 0.493 e. The number of nitrogens with two attached hydrogens (primary N) is 1. The van der Waals surface area contributed by atoms with Crippen molar-refractivity contribution < 1.29 is 19.4 Å². The van der Waals surface area contributed by atoms with Gasteiger partial charge in [-0.1, -0.05) is 0 Å². The molecule has 19 heavy (non-hydrogen) atoms. The van der Waals surface area contributed by atoms with E-state index in [4.69, 9.17) is 15.6 Å². The summed E-state index contributed by atoms with van der Waals surface area (Å²) in [4.78, 5) is 22.2. The van der Waals surface area contributed by atoms with Crippen LogP contribution in [0, 0.1) is 0 Å². The van der Waals surface area contributed by atoms with E-state index in [0.717, 1.165) is 24.2 Å². The first-order valence-electron chi connectivity index (χ1n) is 6.10. The van der Waals surface area contributed by atoms with Gasteiger partial charge in [-0.05, 0) is 36.6 Å². The number of hydrogen-bond donors (Lipinski definition) is 3. The van der Waals surface area contributed by atoms with E-state index in [9.17, 15) is 9.59 Å². The second kappa shape index (κ2) is 5.71. The first-order valence-corrected chi connectivity index (χ1v) is 6.10. The molecule has 0 saturated carbocycles. The Morgan fingerprint density at radius 2 is 2.26 bits per heavy atom. The van der Waals surface area contributed by atoms with Gasteiger partial charge in [0.2, 0.25) is 5.91 Å². The van der Waals surface area contributed by atoms with E-state index < -0.39 is 17.9 Å². The number of benzene rings is 1. The van der Waals surface area contributed by atoms with Crippen LogP contribution in [0.15, 0.2) is 18.2 Å². The topological polar surface area (TPSA) is 102 Å². The second-order valence-electron chi connectivity index (χ2n) is 4.47. The van der Waals surface area contributed by atoms with E-state index in [1.807, 2.05) is 6.07 Å². The Morgan fingerprint density at radius 3 is 3.00 bits per heavy atom. The monoisotopic (exact) mass is 264 g/mol. The zero-order valence-electron chi connectivity index (χ0n) is 10.4. The molecule has 0 saturated heterocycles. The Bertz CT molecular complexity index is 501. The molecule has 1 atom stereocenters. The number of fused-ring (bicyclic) bond motifs is 1. The lowest BCUT2D eigenvalue weighted by Gasteiger charge is -2.18. The minimum atomic E-state index is -1.19. The first-order chi connectivity index (χ1) is 9.06. The lowest BCUT2D eigenvalue weighted by molar-refractivity contribution is -0.140. The van der Waals surface area contributed by atoms with E-state index in [1.54, 1.807) is 12.1 Å². The molecule has 1 amide bonds. The summed E-state index contributed by atoms with van der Waals surface area (Å²) >= 11 is 0. The number of carbonyl (C=O) groups is 2. The molecule has 0 aliphatic carbocycles. The van der Waals surface area contributed by atoms with E-state index in [1.165, 1.54) is 0 Å². The fraction of sp³-hybridized carbons (Fsp3) is 0.385. The molecule has 6 heteroatoms. The predicted octanol–water partition coefficient (Wildman–Crippen LogP) is 0.752.